The van der Waals surface area contributed by atoms with Crippen molar-refractivity contribution in [1.29, 1.82) is 0 Å². The van der Waals surface area contributed by atoms with Crippen LogP contribution in [-0.4, -0.2) is 48.1 Å². The summed E-state index contributed by atoms with van der Waals surface area (Å²) < 4.78 is 6.13. The van der Waals surface area contributed by atoms with Crippen molar-refractivity contribution in [3.8, 4) is 11.1 Å². The summed E-state index contributed by atoms with van der Waals surface area (Å²) in [6, 6.07) is 18.3. The summed E-state index contributed by atoms with van der Waals surface area (Å²) >= 11 is 0. The quantitative estimate of drug-likeness (QED) is 0.793. The molecule has 2 aromatic rings. The van der Waals surface area contributed by atoms with Gasteiger partial charge in [0.1, 0.15) is 0 Å². The molecule has 0 aromatic heterocycles. The highest BCUT2D eigenvalue weighted by molar-refractivity contribution is 5.88. The fraction of sp³-hybridized carbons (Fsp3) is 0.440. The van der Waals surface area contributed by atoms with Crippen LogP contribution in [0.5, 0.6) is 0 Å². The monoisotopic (exact) mass is 408 g/mol. The summed E-state index contributed by atoms with van der Waals surface area (Å²) in [5.74, 6) is -0.225. The van der Waals surface area contributed by atoms with Crippen LogP contribution in [-0.2, 0) is 20.7 Å². The van der Waals surface area contributed by atoms with Crippen LogP contribution in [0.4, 0.5) is 0 Å². The van der Waals surface area contributed by atoms with Gasteiger partial charge < -0.3 is 15.0 Å². The van der Waals surface area contributed by atoms with Crippen LogP contribution in [0.1, 0.15) is 33.3 Å². The molecule has 0 radical (unpaired) electrons. The van der Waals surface area contributed by atoms with Gasteiger partial charge in [-0.1, -0.05) is 68.4 Å². The lowest BCUT2D eigenvalue weighted by Crippen LogP contribution is -2.63. The van der Waals surface area contributed by atoms with Crippen molar-refractivity contribution in [2.24, 2.45) is 5.92 Å². The molecule has 30 heavy (non-hydrogen) atoms. The first-order valence-electron chi connectivity index (χ1n) is 10.7. The van der Waals surface area contributed by atoms with Gasteiger partial charge in [-0.05, 0) is 30.5 Å². The van der Waals surface area contributed by atoms with E-state index in [-0.39, 0.29) is 30.3 Å². The van der Waals surface area contributed by atoms with Gasteiger partial charge in [0.25, 0.3) is 5.91 Å². The Morgan fingerprint density at radius 2 is 1.73 bits per heavy atom. The molecule has 1 aliphatic rings. The van der Waals surface area contributed by atoms with Gasteiger partial charge in [0.05, 0.1) is 13.2 Å². The van der Waals surface area contributed by atoms with E-state index >= 15 is 0 Å². The molecular formula is C25H32N2O3. The Labute approximate surface area is 179 Å². The van der Waals surface area contributed by atoms with E-state index in [2.05, 4.69) is 29.6 Å². The molecule has 0 bridgehead atoms. The molecule has 2 aromatic carbocycles. The van der Waals surface area contributed by atoms with E-state index in [1.165, 1.54) is 0 Å². The molecule has 0 saturated carbocycles. The zero-order valence-electron chi connectivity index (χ0n) is 18.4. The lowest BCUT2D eigenvalue weighted by atomic mass is 9.89. The SMILES string of the molecule is CC(C)NC(=O)[C@@]1(Cc2cccc(-c3ccccc3)c2)CN(C(=O)C(C)C)CCO1. The van der Waals surface area contributed by atoms with Crippen LogP contribution < -0.4 is 5.32 Å². The van der Waals surface area contributed by atoms with Crippen molar-refractivity contribution in [3.05, 3.63) is 60.2 Å². The van der Waals surface area contributed by atoms with Crippen LogP contribution in [0.2, 0.25) is 0 Å². The molecule has 1 saturated heterocycles. The van der Waals surface area contributed by atoms with Gasteiger partial charge in [-0.15, -0.1) is 0 Å². The third-order valence-electron chi connectivity index (χ3n) is 5.35. The average molecular weight is 409 g/mol. The molecule has 0 aliphatic carbocycles. The minimum atomic E-state index is -1.09. The Kier molecular flexibility index (Phi) is 6.93. The number of ether oxygens (including phenoxy) is 1. The maximum Gasteiger partial charge on any atom is 0.254 e. The maximum absolute atomic E-state index is 13.3. The summed E-state index contributed by atoms with van der Waals surface area (Å²) in [4.78, 5) is 27.7. The highest BCUT2D eigenvalue weighted by Crippen LogP contribution is 2.28. The number of rotatable bonds is 6. The third-order valence-corrected chi connectivity index (χ3v) is 5.35. The zero-order chi connectivity index (χ0) is 21.7. The number of amides is 2. The Bertz CT molecular complexity index is 879. The van der Waals surface area contributed by atoms with Gasteiger partial charge >= 0.3 is 0 Å². The fourth-order valence-electron chi connectivity index (χ4n) is 3.88. The van der Waals surface area contributed by atoms with Crippen LogP contribution in [0.25, 0.3) is 11.1 Å². The molecule has 5 heteroatoms. The smallest absolute Gasteiger partial charge is 0.254 e. The normalized spacial score (nSPS) is 19.2. The van der Waals surface area contributed by atoms with Gasteiger partial charge in [0.2, 0.25) is 5.91 Å². The first kappa shape index (κ1) is 22.0. The third kappa shape index (κ3) is 5.08. The molecule has 0 unspecified atom stereocenters. The molecular weight excluding hydrogens is 376 g/mol. The topological polar surface area (TPSA) is 58.6 Å². The van der Waals surface area contributed by atoms with Crippen molar-refractivity contribution in [2.75, 3.05) is 19.7 Å². The van der Waals surface area contributed by atoms with E-state index in [1.807, 2.05) is 58.0 Å². The molecule has 1 atom stereocenters. The van der Waals surface area contributed by atoms with Crippen LogP contribution in [0.15, 0.2) is 54.6 Å². The van der Waals surface area contributed by atoms with Gasteiger partial charge in [-0.25, -0.2) is 0 Å². The van der Waals surface area contributed by atoms with Gasteiger partial charge in [-0.2, -0.15) is 0 Å². The lowest BCUT2D eigenvalue weighted by molar-refractivity contribution is -0.167. The summed E-state index contributed by atoms with van der Waals surface area (Å²) in [7, 11) is 0. The zero-order valence-corrected chi connectivity index (χ0v) is 18.4. The molecule has 5 nitrogen and oxygen atoms in total. The molecule has 2 amide bonds. The Hall–Kier alpha value is -2.66. The number of morpholine rings is 1. The van der Waals surface area contributed by atoms with E-state index < -0.39 is 5.60 Å². The van der Waals surface area contributed by atoms with Gasteiger partial charge in [0, 0.05) is 24.9 Å². The fourth-order valence-corrected chi connectivity index (χ4v) is 3.88. The Morgan fingerprint density at radius 3 is 2.40 bits per heavy atom. The molecule has 1 heterocycles. The second kappa shape index (κ2) is 9.43. The van der Waals surface area contributed by atoms with Crippen molar-refractivity contribution in [1.82, 2.24) is 10.2 Å². The van der Waals surface area contributed by atoms with Gasteiger partial charge in [-0.3, -0.25) is 9.59 Å². The van der Waals surface area contributed by atoms with Crippen molar-refractivity contribution in [3.63, 3.8) is 0 Å². The first-order valence-corrected chi connectivity index (χ1v) is 10.7. The van der Waals surface area contributed by atoms with E-state index in [4.69, 9.17) is 4.74 Å². The van der Waals surface area contributed by atoms with Crippen molar-refractivity contribution < 1.29 is 14.3 Å². The predicted octanol–water partition coefficient (Wildman–Crippen LogP) is 3.67. The van der Waals surface area contributed by atoms with E-state index in [0.717, 1.165) is 16.7 Å². The maximum atomic E-state index is 13.3. The number of carbonyl (C=O) groups excluding carboxylic acids is 2. The minimum Gasteiger partial charge on any atom is -0.361 e. The number of nitrogens with zero attached hydrogens (tertiary/aromatic N) is 1. The minimum absolute atomic E-state index is 0.00944. The second-order valence-electron chi connectivity index (χ2n) is 8.63. The van der Waals surface area contributed by atoms with Crippen LogP contribution >= 0.6 is 0 Å². The van der Waals surface area contributed by atoms with E-state index in [9.17, 15) is 9.59 Å². The second-order valence-corrected chi connectivity index (χ2v) is 8.63. The highest BCUT2D eigenvalue weighted by atomic mass is 16.5. The Morgan fingerprint density at radius 1 is 1.03 bits per heavy atom. The Balaban J connectivity index is 1.92. The first-order chi connectivity index (χ1) is 14.3. The van der Waals surface area contributed by atoms with E-state index in [0.29, 0.717) is 19.6 Å². The number of benzene rings is 2. The standard InChI is InChI=1S/C25H32N2O3/c1-18(2)23(28)27-13-14-30-25(17-27,24(29)26-19(3)4)16-20-9-8-12-22(15-20)21-10-6-5-7-11-21/h5-12,15,18-19H,13-14,16-17H2,1-4H3,(H,26,29)/t25-/m1/s1. The number of hydrogen-bond acceptors (Lipinski definition) is 3. The van der Waals surface area contributed by atoms with Crippen molar-refractivity contribution in [2.45, 2.75) is 45.8 Å². The van der Waals surface area contributed by atoms with Gasteiger partial charge in [0.15, 0.2) is 5.60 Å². The summed E-state index contributed by atoms with van der Waals surface area (Å²) in [6.45, 7) is 8.76. The number of carbonyl (C=O) groups is 2. The molecule has 3 rings (SSSR count). The summed E-state index contributed by atoms with van der Waals surface area (Å²) in [5.41, 5.74) is 2.14. The largest absolute Gasteiger partial charge is 0.361 e. The highest BCUT2D eigenvalue weighted by Gasteiger charge is 2.45. The molecule has 160 valence electrons. The summed E-state index contributed by atoms with van der Waals surface area (Å²) in [5, 5.41) is 3.01. The lowest BCUT2D eigenvalue weighted by Gasteiger charge is -2.42. The van der Waals surface area contributed by atoms with E-state index in [1.54, 1.807) is 4.90 Å². The number of hydrogen-bond donors (Lipinski definition) is 1. The summed E-state index contributed by atoms with van der Waals surface area (Å²) in [6.07, 6.45) is 0.411. The molecule has 1 N–H and O–H groups in total. The molecule has 1 aliphatic heterocycles. The van der Waals surface area contributed by atoms with Crippen LogP contribution in [0.3, 0.4) is 0 Å². The van der Waals surface area contributed by atoms with Crippen LogP contribution in [0, 0.1) is 5.92 Å². The average Bonchev–Trinajstić information content (AvgIpc) is 2.73. The predicted molar refractivity (Wildman–Crippen MR) is 119 cm³/mol. The number of nitrogens with one attached hydrogen (secondary N) is 1. The molecule has 0 spiro atoms. The van der Waals surface area contributed by atoms with Crippen molar-refractivity contribution >= 4 is 11.8 Å². The molecule has 1 fully saturated rings.